The summed E-state index contributed by atoms with van der Waals surface area (Å²) in [6.07, 6.45) is 0.910. The minimum absolute atomic E-state index is 0.0242. The molecule has 1 unspecified atom stereocenters. The number of amides is 1. The lowest BCUT2D eigenvalue weighted by Gasteiger charge is -2.14. The van der Waals surface area contributed by atoms with Crippen LogP contribution in [-0.2, 0) is 11.2 Å². The number of carbonyl (C=O) groups is 1. The van der Waals surface area contributed by atoms with Crippen molar-refractivity contribution in [2.45, 2.75) is 25.8 Å². The van der Waals surface area contributed by atoms with Gasteiger partial charge in [0, 0.05) is 12.6 Å². The van der Waals surface area contributed by atoms with Crippen LogP contribution in [0.15, 0.2) is 18.2 Å². The Balaban J connectivity index is 2.64. The smallest absolute Gasteiger partial charge is 0.257 e. The van der Waals surface area contributed by atoms with Crippen LogP contribution in [0.25, 0.3) is 0 Å². The molecule has 0 saturated carbocycles. The predicted octanol–water partition coefficient (Wildman–Crippen LogP) is 0.994. The van der Waals surface area contributed by atoms with Crippen molar-refractivity contribution in [1.29, 1.82) is 5.26 Å². The number of ether oxygens (including phenoxy) is 2. The Morgan fingerprint density at radius 3 is 2.90 bits per heavy atom. The molecule has 0 spiro atoms. The van der Waals surface area contributed by atoms with E-state index in [-0.39, 0.29) is 25.0 Å². The highest BCUT2D eigenvalue weighted by atomic mass is 16.5. The van der Waals surface area contributed by atoms with Gasteiger partial charge >= 0.3 is 0 Å². The molecule has 1 amide bonds. The van der Waals surface area contributed by atoms with Crippen LogP contribution in [0, 0.1) is 11.3 Å². The Morgan fingerprint density at radius 1 is 1.52 bits per heavy atom. The molecule has 6 heteroatoms. The number of methoxy groups -OCH3 is 1. The quantitative estimate of drug-likeness (QED) is 0.696. The van der Waals surface area contributed by atoms with Gasteiger partial charge in [-0.15, -0.1) is 0 Å². The molecule has 0 saturated heterocycles. The third-order valence-corrected chi connectivity index (χ3v) is 2.73. The van der Waals surface area contributed by atoms with Crippen LogP contribution in [0.4, 0.5) is 0 Å². The van der Waals surface area contributed by atoms with E-state index < -0.39 is 0 Å². The van der Waals surface area contributed by atoms with Gasteiger partial charge < -0.3 is 20.5 Å². The molecule has 1 rings (SSSR count). The molecule has 0 aromatic heterocycles. The van der Waals surface area contributed by atoms with Crippen molar-refractivity contribution >= 4 is 5.91 Å². The molecule has 0 fully saturated rings. The second kappa shape index (κ2) is 8.82. The fourth-order valence-corrected chi connectivity index (χ4v) is 1.78. The van der Waals surface area contributed by atoms with E-state index >= 15 is 0 Å². The van der Waals surface area contributed by atoms with Crippen molar-refractivity contribution in [3.8, 4) is 17.6 Å². The summed E-state index contributed by atoms with van der Waals surface area (Å²) in [5.74, 6) is 1.08. The maximum Gasteiger partial charge on any atom is 0.257 e. The number of nitriles is 1. The number of hydrogen-bond acceptors (Lipinski definition) is 5. The lowest BCUT2D eigenvalue weighted by atomic mass is 10.1. The van der Waals surface area contributed by atoms with Crippen LogP contribution >= 0.6 is 0 Å². The molecule has 1 aromatic rings. The average molecular weight is 291 g/mol. The molecular weight excluding hydrogens is 270 g/mol. The van der Waals surface area contributed by atoms with Crippen molar-refractivity contribution in [1.82, 2.24) is 5.32 Å². The maximum absolute atomic E-state index is 11.6. The van der Waals surface area contributed by atoms with Crippen LogP contribution in [0.1, 0.15) is 18.9 Å². The second-order valence-corrected chi connectivity index (χ2v) is 4.70. The summed E-state index contributed by atoms with van der Waals surface area (Å²) in [5.41, 5.74) is 6.71. The number of nitrogens with zero attached hydrogens (tertiary/aromatic N) is 1. The summed E-state index contributed by atoms with van der Waals surface area (Å²) in [7, 11) is 1.59. The molecule has 0 aliphatic rings. The first kappa shape index (κ1) is 16.8. The van der Waals surface area contributed by atoms with Gasteiger partial charge in [0.2, 0.25) is 0 Å². The monoisotopic (exact) mass is 291 g/mol. The average Bonchev–Trinajstić information content (AvgIpc) is 2.45. The summed E-state index contributed by atoms with van der Waals surface area (Å²) in [6.45, 7) is 2.13. The standard InChI is InChI=1S/C15H21N3O3/c1-11(17)8-12-9-13(20-2)4-5-14(12)21-10-15(19)18-7-3-6-16/h4-5,9,11H,3,7-8,10,17H2,1-2H3,(H,18,19). The Morgan fingerprint density at radius 2 is 2.29 bits per heavy atom. The first-order chi connectivity index (χ1) is 10.1. The molecule has 114 valence electrons. The minimum atomic E-state index is -0.257. The summed E-state index contributed by atoms with van der Waals surface area (Å²) in [4.78, 5) is 11.6. The summed E-state index contributed by atoms with van der Waals surface area (Å²) in [5, 5.41) is 11.0. The fraction of sp³-hybridized carbons (Fsp3) is 0.467. The van der Waals surface area contributed by atoms with Crippen LogP contribution in [0.3, 0.4) is 0 Å². The molecule has 3 N–H and O–H groups in total. The molecule has 0 aliphatic carbocycles. The van der Waals surface area contributed by atoms with E-state index in [0.717, 1.165) is 11.3 Å². The number of rotatable bonds is 8. The Hall–Kier alpha value is -2.26. The van der Waals surface area contributed by atoms with Crippen LogP contribution in [0.5, 0.6) is 11.5 Å². The predicted molar refractivity (Wildman–Crippen MR) is 79.1 cm³/mol. The Labute approximate surface area is 124 Å². The van der Waals surface area contributed by atoms with Crippen LogP contribution in [-0.4, -0.2) is 32.2 Å². The largest absolute Gasteiger partial charge is 0.497 e. The van der Waals surface area contributed by atoms with Gasteiger partial charge in [0.15, 0.2) is 6.61 Å². The van der Waals surface area contributed by atoms with E-state index in [4.69, 9.17) is 20.5 Å². The molecular formula is C15H21N3O3. The molecule has 0 heterocycles. The van der Waals surface area contributed by atoms with Gasteiger partial charge in [-0.2, -0.15) is 5.26 Å². The van der Waals surface area contributed by atoms with Crippen molar-refractivity contribution in [2.75, 3.05) is 20.3 Å². The van der Waals surface area contributed by atoms with Crippen molar-refractivity contribution in [2.24, 2.45) is 5.73 Å². The van der Waals surface area contributed by atoms with E-state index in [1.807, 2.05) is 19.1 Å². The van der Waals surface area contributed by atoms with Crippen molar-refractivity contribution < 1.29 is 14.3 Å². The molecule has 6 nitrogen and oxygen atoms in total. The molecule has 21 heavy (non-hydrogen) atoms. The van der Waals surface area contributed by atoms with Gasteiger partial charge in [-0.05, 0) is 37.1 Å². The van der Waals surface area contributed by atoms with Gasteiger partial charge in [0.05, 0.1) is 19.6 Å². The van der Waals surface area contributed by atoms with E-state index in [1.165, 1.54) is 0 Å². The SMILES string of the molecule is COc1ccc(OCC(=O)NCCC#N)c(CC(C)N)c1. The first-order valence-corrected chi connectivity index (χ1v) is 6.75. The highest BCUT2D eigenvalue weighted by molar-refractivity contribution is 5.77. The number of nitrogens with one attached hydrogen (secondary N) is 1. The zero-order valence-electron chi connectivity index (χ0n) is 12.4. The van der Waals surface area contributed by atoms with E-state index in [9.17, 15) is 4.79 Å². The normalized spacial score (nSPS) is 11.3. The zero-order chi connectivity index (χ0) is 15.7. The number of benzene rings is 1. The molecule has 0 aliphatic heterocycles. The van der Waals surface area contributed by atoms with Crippen molar-refractivity contribution in [3.05, 3.63) is 23.8 Å². The van der Waals surface area contributed by atoms with Gasteiger partial charge in [-0.25, -0.2) is 0 Å². The Bertz CT molecular complexity index is 509. The van der Waals surface area contributed by atoms with Gasteiger partial charge in [-0.3, -0.25) is 4.79 Å². The minimum Gasteiger partial charge on any atom is -0.497 e. The third kappa shape index (κ3) is 6.15. The lowest BCUT2D eigenvalue weighted by molar-refractivity contribution is -0.123. The lowest BCUT2D eigenvalue weighted by Crippen LogP contribution is -2.29. The van der Waals surface area contributed by atoms with Crippen LogP contribution in [0.2, 0.25) is 0 Å². The highest BCUT2D eigenvalue weighted by Crippen LogP contribution is 2.25. The zero-order valence-corrected chi connectivity index (χ0v) is 12.4. The van der Waals surface area contributed by atoms with Gasteiger partial charge in [-0.1, -0.05) is 0 Å². The van der Waals surface area contributed by atoms with Crippen molar-refractivity contribution in [3.63, 3.8) is 0 Å². The fourth-order valence-electron chi connectivity index (χ4n) is 1.78. The summed E-state index contributed by atoms with van der Waals surface area (Å²) < 4.78 is 10.7. The summed E-state index contributed by atoms with van der Waals surface area (Å²) in [6, 6.07) is 7.32. The van der Waals surface area contributed by atoms with E-state index in [0.29, 0.717) is 18.7 Å². The van der Waals surface area contributed by atoms with Crippen LogP contribution < -0.4 is 20.5 Å². The molecule has 1 atom stereocenters. The topological polar surface area (TPSA) is 97.4 Å². The number of hydrogen-bond donors (Lipinski definition) is 2. The highest BCUT2D eigenvalue weighted by Gasteiger charge is 2.10. The van der Waals surface area contributed by atoms with Gasteiger partial charge in [0.25, 0.3) is 5.91 Å². The second-order valence-electron chi connectivity index (χ2n) is 4.70. The number of carbonyl (C=O) groups excluding carboxylic acids is 1. The number of nitrogens with two attached hydrogens (primary N) is 1. The maximum atomic E-state index is 11.6. The van der Waals surface area contributed by atoms with Gasteiger partial charge in [0.1, 0.15) is 11.5 Å². The molecule has 0 bridgehead atoms. The van der Waals surface area contributed by atoms with E-state index in [2.05, 4.69) is 5.32 Å². The Kier molecular flexibility index (Phi) is 7.05. The third-order valence-electron chi connectivity index (χ3n) is 2.73. The molecule has 0 radical (unpaired) electrons. The summed E-state index contributed by atoms with van der Waals surface area (Å²) >= 11 is 0. The first-order valence-electron chi connectivity index (χ1n) is 6.75. The van der Waals surface area contributed by atoms with E-state index in [1.54, 1.807) is 19.2 Å². The molecule has 1 aromatic carbocycles.